The third-order valence-electron chi connectivity index (χ3n) is 7.18. The van der Waals surface area contributed by atoms with Gasteiger partial charge in [-0.3, -0.25) is 14.8 Å². The van der Waals surface area contributed by atoms with E-state index in [0.717, 1.165) is 68.9 Å². The van der Waals surface area contributed by atoms with Crippen LogP contribution in [0, 0.1) is 5.92 Å². The molecule has 4 heterocycles. The highest BCUT2D eigenvalue weighted by molar-refractivity contribution is 5.76. The van der Waals surface area contributed by atoms with Gasteiger partial charge in [-0.05, 0) is 62.2 Å². The molecule has 5 rings (SSSR count). The van der Waals surface area contributed by atoms with E-state index in [-0.39, 0.29) is 12.0 Å². The van der Waals surface area contributed by atoms with E-state index < -0.39 is 0 Å². The molecule has 0 spiro atoms. The van der Waals surface area contributed by atoms with Crippen molar-refractivity contribution in [2.75, 3.05) is 39.3 Å². The second-order valence-corrected chi connectivity index (χ2v) is 9.90. The van der Waals surface area contributed by atoms with Crippen LogP contribution in [-0.2, 0) is 6.54 Å². The number of aromatic amines is 1. The normalized spacial score (nSPS) is 23.0. The van der Waals surface area contributed by atoms with Crippen LogP contribution in [0.15, 0.2) is 41.3 Å². The van der Waals surface area contributed by atoms with Gasteiger partial charge in [0.1, 0.15) is 11.9 Å². The molecule has 3 atom stereocenters. The molecule has 3 aromatic rings. The largest absolute Gasteiger partial charge is 0.354 e. The third kappa shape index (κ3) is 4.94. The molecular weight excluding hydrogens is 428 g/mol. The molecule has 1 unspecified atom stereocenters. The predicted octanol–water partition coefficient (Wildman–Crippen LogP) is 1.14. The molecule has 34 heavy (non-hydrogen) atoms. The number of fused-ring (bicyclic) bond motifs is 1. The Morgan fingerprint density at radius 3 is 2.82 bits per heavy atom. The van der Waals surface area contributed by atoms with Crippen LogP contribution in [0.5, 0.6) is 0 Å². The summed E-state index contributed by atoms with van der Waals surface area (Å²) in [6.07, 6.45) is 3.98. The summed E-state index contributed by atoms with van der Waals surface area (Å²) < 4.78 is 1.63. The van der Waals surface area contributed by atoms with E-state index in [0.29, 0.717) is 24.0 Å². The molecule has 9 heteroatoms. The molecule has 2 aliphatic heterocycles. The number of likely N-dealkylation sites (tertiary alicyclic amines) is 1. The molecule has 6 N–H and O–H groups in total. The number of nitrogens with one attached hydrogen (secondary N) is 2. The zero-order valence-electron chi connectivity index (χ0n) is 19.9. The Kier molecular flexibility index (Phi) is 6.80. The van der Waals surface area contributed by atoms with Gasteiger partial charge in [0.25, 0.3) is 0 Å². The maximum absolute atomic E-state index is 12.8. The number of nitrogens with two attached hydrogens (primary N) is 2. The van der Waals surface area contributed by atoms with E-state index in [1.165, 1.54) is 5.56 Å². The highest BCUT2D eigenvalue weighted by Crippen LogP contribution is 2.29. The van der Waals surface area contributed by atoms with E-state index in [1.807, 2.05) is 18.3 Å². The minimum atomic E-state index is -0.277. The maximum Gasteiger partial charge on any atom is 0.354 e. The Hall–Kier alpha value is -2.56. The van der Waals surface area contributed by atoms with Crippen molar-refractivity contribution >= 4 is 11.0 Å². The summed E-state index contributed by atoms with van der Waals surface area (Å²) in [6, 6.07) is 10.2. The van der Waals surface area contributed by atoms with Gasteiger partial charge in [0.15, 0.2) is 0 Å². The summed E-state index contributed by atoms with van der Waals surface area (Å²) in [5.74, 6) is 0.933. The molecule has 0 saturated carbocycles. The average molecular weight is 465 g/mol. The Balaban J connectivity index is 1.31. The topological polar surface area (TPSA) is 121 Å². The van der Waals surface area contributed by atoms with E-state index in [4.69, 9.17) is 11.5 Å². The zero-order chi connectivity index (χ0) is 23.7. The van der Waals surface area contributed by atoms with Gasteiger partial charge < -0.3 is 21.4 Å². The fourth-order valence-corrected chi connectivity index (χ4v) is 5.16. The second-order valence-electron chi connectivity index (χ2n) is 9.90. The standard InChI is InChI=1S/C25H36N8O/c1-17(12-26)13-31-10-7-19(15-31)22-11-20-16-33(25(34)30-23(20)29-22)21-5-3-18(4-6-21)14-32-9-2-8-28-24(32)27/h3-6,11,16-17,19,24,28H,2,7-10,12-15,26-27H2,1H3,(H,29,30,34)/t17-,19+,24?/m0/s1. The first kappa shape index (κ1) is 23.2. The molecule has 1 aromatic carbocycles. The number of rotatable bonds is 7. The van der Waals surface area contributed by atoms with E-state index in [2.05, 4.69) is 50.2 Å². The van der Waals surface area contributed by atoms with Crippen LogP contribution >= 0.6 is 0 Å². The summed E-state index contributed by atoms with van der Waals surface area (Å²) in [4.78, 5) is 25.2. The number of nitrogens with zero attached hydrogens (tertiary/aromatic N) is 4. The Morgan fingerprint density at radius 2 is 2.06 bits per heavy atom. The first-order chi connectivity index (χ1) is 16.5. The molecule has 2 aromatic heterocycles. The van der Waals surface area contributed by atoms with E-state index >= 15 is 0 Å². The number of hydrogen-bond acceptors (Lipinski definition) is 7. The predicted molar refractivity (Wildman–Crippen MR) is 135 cm³/mol. The van der Waals surface area contributed by atoms with E-state index in [9.17, 15) is 4.79 Å². The Morgan fingerprint density at radius 1 is 1.24 bits per heavy atom. The van der Waals surface area contributed by atoms with E-state index in [1.54, 1.807) is 4.57 Å². The van der Waals surface area contributed by atoms with Crippen molar-refractivity contribution in [3.63, 3.8) is 0 Å². The van der Waals surface area contributed by atoms with Crippen molar-refractivity contribution in [2.45, 2.75) is 38.5 Å². The summed E-state index contributed by atoms with van der Waals surface area (Å²) in [5.41, 5.74) is 15.5. The van der Waals surface area contributed by atoms with Gasteiger partial charge in [-0.25, -0.2) is 4.79 Å². The van der Waals surface area contributed by atoms with Crippen molar-refractivity contribution in [1.82, 2.24) is 29.7 Å². The fourth-order valence-electron chi connectivity index (χ4n) is 5.16. The van der Waals surface area contributed by atoms with Crippen molar-refractivity contribution in [3.8, 4) is 5.69 Å². The second kappa shape index (κ2) is 9.97. The van der Waals surface area contributed by atoms with Gasteiger partial charge >= 0.3 is 5.69 Å². The molecule has 0 aliphatic carbocycles. The number of benzene rings is 1. The van der Waals surface area contributed by atoms with Crippen LogP contribution in [-0.4, -0.2) is 69.9 Å². The van der Waals surface area contributed by atoms with Gasteiger partial charge in [0, 0.05) is 49.4 Å². The third-order valence-corrected chi connectivity index (χ3v) is 7.18. The van der Waals surface area contributed by atoms with Crippen molar-refractivity contribution in [3.05, 3.63) is 58.3 Å². The van der Waals surface area contributed by atoms with Crippen molar-refractivity contribution < 1.29 is 0 Å². The summed E-state index contributed by atoms with van der Waals surface area (Å²) in [6.45, 7) is 8.76. The lowest BCUT2D eigenvalue weighted by atomic mass is 10.1. The van der Waals surface area contributed by atoms with Crippen LogP contribution in [0.1, 0.15) is 36.9 Å². The SMILES string of the molecule is C[C@@H](CN)CN1CC[C@@H](c2cc3cn(-c4ccc(CN5CCCNC5N)cc4)c(=O)nc3[nH]2)C1. The first-order valence-corrected chi connectivity index (χ1v) is 12.4. The molecule has 0 radical (unpaired) electrons. The lowest BCUT2D eigenvalue weighted by Gasteiger charge is -2.33. The highest BCUT2D eigenvalue weighted by Gasteiger charge is 2.26. The highest BCUT2D eigenvalue weighted by atomic mass is 16.1. The zero-order valence-corrected chi connectivity index (χ0v) is 19.9. The lowest BCUT2D eigenvalue weighted by molar-refractivity contribution is 0.127. The van der Waals surface area contributed by atoms with Crippen LogP contribution in [0.2, 0.25) is 0 Å². The Labute approximate surface area is 200 Å². The van der Waals surface area contributed by atoms with Gasteiger partial charge in [0.05, 0.1) is 5.69 Å². The molecule has 182 valence electrons. The minimum Gasteiger partial charge on any atom is -0.343 e. The number of H-pyrrole nitrogens is 1. The summed E-state index contributed by atoms with van der Waals surface area (Å²) in [7, 11) is 0. The van der Waals surface area contributed by atoms with Crippen LogP contribution in [0.25, 0.3) is 16.7 Å². The van der Waals surface area contributed by atoms with Crippen molar-refractivity contribution in [2.24, 2.45) is 17.4 Å². The van der Waals surface area contributed by atoms with Gasteiger partial charge in [-0.1, -0.05) is 19.1 Å². The quantitative estimate of drug-likeness (QED) is 0.414. The van der Waals surface area contributed by atoms with Crippen LogP contribution in [0.3, 0.4) is 0 Å². The molecule has 0 bridgehead atoms. The summed E-state index contributed by atoms with van der Waals surface area (Å²) >= 11 is 0. The molecule has 2 aliphatic rings. The molecule has 0 amide bonds. The number of hydrogen-bond donors (Lipinski definition) is 4. The minimum absolute atomic E-state index is 0.110. The molecule has 9 nitrogen and oxygen atoms in total. The monoisotopic (exact) mass is 464 g/mol. The maximum atomic E-state index is 12.8. The van der Waals surface area contributed by atoms with Gasteiger partial charge in [-0.2, -0.15) is 4.98 Å². The molecule has 2 saturated heterocycles. The number of aromatic nitrogens is 3. The fraction of sp³-hybridized carbons (Fsp3) is 0.520. The smallest absolute Gasteiger partial charge is 0.343 e. The summed E-state index contributed by atoms with van der Waals surface area (Å²) in [5, 5.41) is 4.24. The van der Waals surface area contributed by atoms with Gasteiger partial charge in [0.2, 0.25) is 0 Å². The van der Waals surface area contributed by atoms with Crippen molar-refractivity contribution in [1.29, 1.82) is 0 Å². The van der Waals surface area contributed by atoms with Crippen LogP contribution in [0.4, 0.5) is 0 Å². The first-order valence-electron chi connectivity index (χ1n) is 12.4. The van der Waals surface area contributed by atoms with Crippen LogP contribution < -0.4 is 22.5 Å². The molecular formula is C25H36N8O. The molecule has 2 fully saturated rings. The lowest BCUT2D eigenvalue weighted by Crippen LogP contribution is -2.56. The average Bonchev–Trinajstić information content (AvgIpc) is 3.47. The van der Waals surface area contributed by atoms with Gasteiger partial charge in [-0.15, -0.1) is 0 Å². The Bertz CT molecular complexity index is 1170.